The molecule has 4 heterocycles. The van der Waals surface area contributed by atoms with Crippen LogP contribution in [0.3, 0.4) is 0 Å². The van der Waals surface area contributed by atoms with Gasteiger partial charge in [-0.05, 0) is 64.9 Å². The Morgan fingerprint density at radius 3 is 1.09 bits per heavy atom. The molecule has 29 nitrogen and oxygen atoms in total. The third kappa shape index (κ3) is 29.2. The van der Waals surface area contributed by atoms with Crippen LogP contribution in [0, 0.1) is 47.3 Å². The second kappa shape index (κ2) is 42.1. The fourth-order valence-electron chi connectivity index (χ4n) is 10.1. The average molecular weight is 1390 g/mol. The zero-order valence-corrected chi connectivity index (χ0v) is 59.4. The number of likely N-dealkylation sites (tertiary alicyclic amines) is 4. The van der Waals surface area contributed by atoms with E-state index in [1.165, 1.54) is 9.80 Å². The van der Waals surface area contributed by atoms with Crippen molar-refractivity contribution < 1.29 is 84.5 Å². The van der Waals surface area contributed by atoms with E-state index < -0.39 is 51.4 Å². The summed E-state index contributed by atoms with van der Waals surface area (Å²) in [5, 5.41) is 17.0. The van der Waals surface area contributed by atoms with Gasteiger partial charge in [0.15, 0.2) is 5.25 Å². The van der Waals surface area contributed by atoms with E-state index in [1.807, 2.05) is 81.0 Å². The quantitative estimate of drug-likeness (QED) is 0.0256. The number of carbonyl (C=O) groups excluding carboxylic acids is 15. The van der Waals surface area contributed by atoms with Crippen LogP contribution in [0.25, 0.3) is 0 Å². The van der Waals surface area contributed by atoms with Gasteiger partial charge < -0.3 is 37.2 Å². The molecule has 532 valence electrons. The van der Waals surface area contributed by atoms with Gasteiger partial charge in [-0.3, -0.25) is 95.7 Å². The van der Waals surface area contributed by atoms with E-state index in [-0.39, 0.29) is 210 Å². The molecule has 0 aliphatic carbocycles. The minimum Gasteiger partial charge on any atom is -0.354 e. The van der Waals surface area contributed by atoms with Crippen molar-refractivity contribution in [2.75, 3.05) is 90.6 Å². The highest BCUT2D eigenvalue weighted by Crippen LogP contribution is 2.29. The molecule has 4 aliphatic rings. The molecule has 4 fully saturated rings. The van der Waals surface area contributed by atoms with Gasteiger partial charge in [0.05, 0.1) is 26.7 Å². The summed E-state index contributed by atoms with van der Waals surface area (Å²) < 4.78 is 28.6. The van der Waals surface area contributed by atoms with E-state index in [2.05, 4.69) is 55.2 Å². The van der Waals surface area contributed by atoms with Crippen molar-refractivity contribution in [2.24, 2.45) is 47.3 Å². The summed E-state index contributed by atoms with van der Waals surface area (Å²) in [6.07, 6.45) is 2.52. The highest BCUT2D eigenvalue weighted by Gasteiger charge is 2.43. The van der Waals surface area contributed by atoms with Gasteiger partial charge in [-0.2, -0.15) is 31.9 Å². The first kappa shape index (κ1) is 83.5. The normalized spacial score (nSPS) is 18.5. The van der Waals surface area contributed by atoms with Crippen LogP contribution in [0.1, 0.15) is 147 Å². The maximum Gasteiger partial charge on any atom is 0.279 e. The Labute approximate surface area is 561 Å². The lowest BCUT2D eigenvalue weighted by Crippen LogP contribution is -2.44. The maximum absolute atomic E-state index is 12.4. The molecule has 0 aromatic rings. The number of carbonyl (C=O) groups is 15. The summed E-state index contributed by atoms with van der Waals surface area (Å²) in [5.74, 6) is -4.40. The third-order valence-electron chi connectivity index (χ3n) is 15.8. The Kier molecular flexibility index (Phi) is 37.4. The minimum absolute atomic E-state index is 0.00290. The SMILES string of the molecule is CC(C)C1CC(=O)N(CCCC(=O)NCC(=O)NCC(=O)NCC(=O)NCCC(=O)NCCN2C(=O)CC(C(C)C)C2=O)C1=O.CC(C)SCCCC(=O)NCCN1C(=O)CC(C(C)C)C1=O.COS(=O)(=O)C(CCSC(C)C)C(=O)NCCN1C(=O)CC(C(C)C)C1=O. The van der Waals surface area contributed by atoms with Gasteiger partial charge in [0.1, 0.15) is 0 Å². The van der Waals surface area contributed by atoms with Crippen LogP contribution in [0.2, 0.25) is 0 Å². The molecule has 0 aromatic carbocycles. The van der Waals surface area contributed by atoms with E-state index >= 15 is 0 Å². The van der Waals surface area contributed by atoms with Crippen LogP contribution in [0.5, 0.6) is 0 Å². The fraction of sp³-hybridized carbons (Fsp3) is 0.758. The van der Waals surface area contributed by atoms with Crippen LogP contribution < -0.4 is 37.2 Å². The Balaban J connectivity index is 0.000000522. The van der Waals surface area contributed by atoms with Crippen molar-refractivity contribution in [1.82, 2.24) is 56.8 Å². The molecule has 0 spiro atoms. The molecule has 4 rings (SSSR count). The zero-order chi connectivity index (χ0) is 71.2. The van der Waals surface area contributed by atoms with Crippen LogP contribution in [-0.2, 0) is 86.2 Å². The fourth-order valence-corrected chi connectivity index (χ4v) is 12.8. The predicted molar refractivity (Wildman–Crippen MR) is 352 cm³/mol. The summed E-state index contributed by atoms with van der Waals surface area (Å²) in [6, 6.07) is 0. The van der Waals surface area contributed by atoms with Gasteiger partial charge in [0.25, 0.3) is 10.1 Å². The molecule has 0 radical (unpaired) electrons. The molecule has 5 atom stereocenters. The first-order valence-corrected chi connectivity index (χ1v) is 35.9. The van der Waals surface area contributed by atoms with E-state index in [0.717, 1.165) is 29.1 Å². The van der Waals surface area contributed by atoms with Gasteiger partial charge in [-0.15, -0.1) is 0 Å². The molecule has 32 heteroatoms. The molecule has 0 bridgehead atoms. The molecule has 94 heavy (non-hydrogen) atoms. The molecule has 7 N–H and O–H groups in total. The number of thioether (sulfide) groups is 2. The first-order valence-electron chi connectivity index (χ1n) is 32.3. The molecule has 0 aromatic heterocycles. The summed E-state index contributed by atoms with van der Waals surface area (Å²) >= 11 is 3.40. The zero-order valence-electron chi connectivity index (χ0n) is 57.0. The summed E-state index contributed by atoms with van der Waals surface area (Å²) in [6.45, 7) is 23.2. The number of hydrogen-bond donors (Lipinski definition) is 7. The van der Waals surface area contributed by atoms with Gasteiger partial charge in [-0.25, -0.2) is 0 Å². The van der Waals surface area contributed by atoms with Gasteiger partial charge >= 0.3 is 0 Å². The standard InChI is InChI=1S/C29H45N7O9.C17H30N2O6S2.C16H28N2O3S/c1-17(2)19-12-26(42)35(28(19)44)10-5-6-21(37)32-15-24(40)34-16-25(41)33-14-23(39)30-8-7-22(38)31-9-11-36-27(43)13-20(18(3)4)29(36)45;1-11(2)13-10-15(20)19(17(13)22)8-7-18-16(21)14(27(23,24)25-5)6-9-26-12(3)4;1-11(2)13-10-15(20)18(16(13)21)8-7-17-14(19)6-5-9-22-12(3)4/h17-20H,5-16H2,1-4H3,(H,30,39)(H,31,38)(H,32,37)(H,33,41)(H,34,40);11-14H,6-10H2,1-5H3,(H,18,21);11-13H,5-10H2,1-4H3,(H,17,19). The Morgan fingerprint density at radius 2 is 0.723 bits per heavy atom. The van der Waals surface area contributed by atoms with Crippen molar-refractivity contribution in [3.05, 3.63) is 0 Å². The van der Waals surface area contributed by atoms with Gasteiger partial charge in [-0.1, -0.05) is 83.1 Å². The van der Waals surface area contributed by atoms with Crippen molar-refractivity contribution in [3.8, 4) is 0 Å². The van der Waals surface area contributed by atoms with Crippen molar-refractivity contribution >= 4 is 122 Å². The largest absolute Gasteiger partial charge is 0.354 e. The number of rotatable bonds is 38. The van der Waals surface area contributed by atoms with Gasteiger partial charge in [0.2, 0.25) is 88.6 Å². The molecule has 15 amide bonds. The lowest BCUT2D eigenvalue weighted by Gasteiger charge is -2.19. The number of hydrogen-bond acceptors (Lipinski definition) is 20. The Hall–Kier alpha value is -6.54. The lowest BCUT2D eigenvalue weighted by atomic mass is 9.94. The van der Waals surface area contributed by atoms with E-state index in [9.17, 15) is 80.3 Å². The number of nitrogens with one attached hydrogen (secondary N) is 7. The number of imide groups is 4. The molecule has 0 saturated carbocycles. The highest BCUT2D eigenvalue weighted by atomic mass is 32.2. The van der Waals surface area contributed by atoms with E-state index in [4.69, 9.17) is 0 Å². The van der Waals surface area contributed by atoms with E-state index in [0.29, 0.717) is 35.6 Å². The topological polar surface area (TPSA) is 397 Å². The van der Waals surface area contributed by atoms with Gasteiger partial charge in [0, 0.05) is 121 Å². The smallest absolute Gasteiger partial charge is 0.279 e. The maximum atomic E-state index is 12.4. The van der Waals surface area contributed by atoms with Crippen LogP contribution in [0.15, 0.2) is 0 Å². The number of amides is 15. The molecule has 5 unspecified atom stereocenters. The molecular weight excluding hydrogens is 1280 g/mol. The lowest BCUT2D eigenvalue weighted by molar-refractivity contribution is -0.141. The van der Waals surface area contributed by atoms with Crippen LogP contribution in [-0.4, -0.2) is 223 Å². The summed E-state index contributed by atoms with van der Waals surface area (Å²) in [5.41, 5.74) is 0. The van der Waals surface area contributed by atoms with Crippen LogP contribution >= 0.6 is 23.5 Å². The first-order chi connectivity index (χ1) is 44.0. The second-order valence-electron chi connectivity index (χ2n) is 25.2. The Bertz CT molecular complexity index is 2780. The van der Waals surface area contributed by atoms with Crippen molar-refractivity contribution in [1.29, 1.82) is 0 Å². The predicted octanol–water partition coefficient (Wildman–Crippen LogP) is 0.866. The molecule has 4 aliphatic heterocycles. The van der Waals surface area contributed by atoms with Crippen molar-refractivity contribution in [3.63, 3.8) is 0 Å². The average Bonchev–Trinajstić information content (AvgIpc) is 1.67. The molecular formula is C62H103N11O18S3. The van der Waals surface area contributed by atoms with E-state index in [1.54, 1.807) is 11.8 Å². The Morgan fingerprint density at radius 1 is 0.415 bits per heavy atom. The molecule has 4 saturated heterocycles. The second-order valence-corrected chi connectivity index (χ2v) is 30.4. The number of nitrogens with zero attached hydrogens (tertiary/aromatic N) is 4. The third-order valence-corrected chi connectivity index (χ3v) is 19.7. The van der Waals surface area contributed by atoms with Crippen LogP contribution in [0.4, 0.5) is 0 Å². The minimum atomic E-state index is -4.02. The highest BCUT2D eigenvalue weighted by molar-refractivity contribution is 8.00. The van der Waals surface area contributed by atoms with Crippen molar-refractivity contribution in [2.45, 2.75) is 163 Å². The summed E-state index contributed by atoms with van der Waals surface area (Å²) in [7, 11) is -2.99. The summed E-state index contributed by atoms with van der Waals surface area (Å²) in [4.78, 5) is 185. The monoisotopic (exact) mass is 1390 g/mol.